The monoisotopic (exact) mass is 788 g/mol. The molecule has 14 nitrogen and oxygen atoms in total. The maximum atomic E-state index is 14.6. The summed E-state index contributed by atoms with van der Waals surface area (Å²) in [5, 5.41) is 0. The number of hydrogen-bond donors (Lipinski definition) is 0. The average molecular weight is 789 g/mol. The van der Waals surface area contributed by atoms with Crippen molar-refractivity contribution in [3.8, 4) is 0 Å². The summed E-state index contributed by atoms with van der Waals surface area (Å²) in [4.78, 5) is 73.0. The number of carbonyl (C=O) groups is 3. The number of amides is 2. The predicted octanol–water partition coefficient (Wildman–Crippen LogP) is 4.23. The van der Waals surface area contributed by atoms with Gasteiger partial charge in [-0.1, -0.05) is 26.0 Å². The third-order valence-electron chi connectivity index (χ3n) is 11.1. The third-order valence-corrected chi connectivity index (χ3v) is 11.1. The molecule has 2 fully saturated rings. The van der Waals surface area contributed by atoms with E-state index in [1.54, 1.807) is 40.5 Å². The van der Waals surface area contributed by atoms with Gasteiger partial charge in [0.15, 0.2) is 0 Å². The van der Waals surface area contributed by atoms with Crippen LogP contribution in [0.4, 0.5) is 20.8 Å². The van der Waals surface area contributed by atoms with Crippen molar-refractivity contribution in [3.05, 3.63) is 81.3 Å². The number of carbonyl (C=O) groups excluding carboxylic acids is 3. The van der Waals surface area contributed by atoms with Crippen LogP contribution >= 0.6 is 0 Å². The van der Waals surface area contributed by atoms with Crippen molar-refractivity contribution >= 4 is 29.6 Å². The Morgan fingerprint density at radius 2 is 1.65 bits per heavy atom. The normalized spacial score (nSPS) is 21.4. The van der Waals surface area contributed by atoms with E-state index in [1.807, 2.05) is 47.6 Å². The topological polar surface area (TPSA) is 134 Å². The van der Waals surface area contributed by atoms with E-state index in [0.717, 1.165) is 11.3 Å². The van der Waals surface area contributed by atoms with Crippen LogP contribution in [0.3, 0.4) is 0 Å². The summed E-state index contributed by atoms with van der Waals surface area (Å²) in [6.07, 6.45) is 2.92. The van der Waals surface area contributed by atoms with E-state index >= 15 is 0 Å². The van der Waals surface area contributed by atoms with E-state index in [2.05, 4.69) is 31.6 Å². The lowest BCUT2D eigenvalue weighted by atomic mass is 9.90. The van der Waals surface area contributed by atoms with Crippen molar-refractivity contribution in [1.29, 1.82) is 0 Å². The molecule has 0 radical (unpaired) electrons. The first-order chi connectivity index (χ1) is 26.8. The Morgan fingerprint density at radius 1 is 0.965 bits per heavy atom. The van der Waals surface area contributed by atoms with Gasteiger partial charge in [0.2, 0.25) is 11.9 Å². The zero-order valence-corrected chi connectivity index (χ0v) is 34.7. The van der Waals surface area contributed by atoms with Crippen molar-refractivity contribution in [2.45, 2.75) is 91.0 Å². The Kier molecular flexibility index (Phi) is 12.1. The van der Waals surface area contributed by atoms with E-state index in [-0.39, 0.29) is 54.7 Å². The van der Waals surface area contributed by atoms with Gasteiger partial charge in [-0.05, 0) is 65.3 Å². The number of hydrogen-bond acceptors (Lipinski definition) is 11. The molecular formula is C42H57FN8O6. The Hall–Kier alpha value is -4.89. The summed E-state index contributed by atoms with van der Waals surface area (Å²) in [6, 6.07) is 7.64. The molecule has 6 rings (SSSR count). The number of piperazine rings is 2. The van der Waals surface area contributed by atoms with E-state index in [4.69, 9.17) is 9.47 Å². The standard InChI is InChI=1S/C42H57FN8O6/c1-10-56-38(54)31-19-44-39(45-20-31)48-16-15-47(27(2)21-48)23-33-24-50(40(55)57-41(4,5)6)28(3)22-49(33)25-35(52)51-26-42(7,8)36-34(51)18-30(37(53)46(36)9)17-29-11-13-32(43)14-12-29/h11-14,18-20,27-28,33H,10,15-17,21-26H2,1-9H3/t27-,28-,33+/m1/s1. The van der Waals surface area contributed by atoms with Gasteiger partial charge in [0.05, 0.1) is 30.1 Å². The average Bonchev–Trinajstić information content (AvgIpc) is 3.42. The second-order valence-corrected chi connectivity index (χ2v) is 17.3. The fourth-order valence-electron chi connectivity index (χ4n) is 8.35. The summed E-state index contributed by atoms with van der Waals surface area (Å²) in [5.74, 6) is -0.347. The van der Waals surface area contributed by atoms with E-state index in [0.29, 0.717) is 75.0 Å². The first-order valence-electron chi connectivity index (χ1n) is 19.8. The number of anilines is 2. The number of nitrogens with zero attached hydrogens (tertiary/aromatic N) is 8. The minimum atomic E-state index is -0.660. The molecule has 5 heterocycles. The van der Waals surface area contributed by atoms with Crippen molar-refractivity contribution in [2.24, 2.45) is 7.05 Å². The number of esters is 1. The third kappa shape index (κ3) is 9.30. The summed E-state index contributed by atoms with van der Waals surface area (Å²) in [5.41, 5.74) is 1.88. The first-order valence-corrected chi connectivity index (χ1v) is 19.8. The van der Waals surface area contributed by atoms with Crippen LogP contribution in [-0.4, -0.2) is 130 Å². The van der Waals surface area contributed by atoms with Crippen molar-refractivity contribution in [2.75, 3.05) is 68.8 Å². The van der Waals surface area contributed by atoms with E-state index in [1.165, 1.54) is 24.5 Å². The Morgan fingerprint density at radius 3 is 2.28 bits per heavy atom. The maximum Gasteiger partial charge on any atom is 0.410 e. The quantitative estimate of drug-likeness (QED) is 0.289. The van der Waals surface area contributed by atoms with Crippen molar-refractivity contribution in [1.82, 2.24) is 29.2 Å². The van der Waals surface area contributed by atoms with Crippen molar-refractivity contribution in [3.63, 3.8) is 0 Å². The first kappa shape index (κ1) is 41.7. The van der Waals surface area contributed by atoms with Gasteiger partial charge in [-0.25, -0.2) is 23.9 Å². The second kappa shape index (κ2) is 16.5. The predicted molar refractivity (Wildman–Crippen MR) is 215 cm³/mol. The smallest absolute Gasteiger partial charge is 0.410 e. The van der Waals surface area contributed by atoms with Crippen LogP contribution in [0.25, 0.3) is 0 Å². The van der Waals surface area contributed by atoms with Gasteiger partial charge < -0.3 is 28.7 Å². The lowest BCUT2D eigenvalue weighted by molar-refractivity contribution is -0.121. The fraction of sp³-hybridized carbons (Fsp3) is 0.571. The molecule has 0 saturated carbocycles. The van der Waals surface area contributed by atoms with Crippen molar-refractivity contribution < 1.29 is 28.2 Å². The Labute approximate surface area is 334 Å². The second-order valence-electron chi connectivity index (χ2n) is 17.3. The molecule has 0 unspecified atom stereocenters. The minimum Gasteiger partial charge on any atom is -0.462 e. The van der Waals surface area contributed by atoms with Gasteiger partial charge in [-0.2, -0.15) is 0 Å². The van der Waals surface area contributed by atoms with Gasteiger partial charge in [-0.15, -0.1) is 0 Å². The van der Waals surface area contributed by atoms with Gasteiger partial charge in [-0.3, -0.25) is 19.4 Å². The molecule has 0 N–H and O–H groups in total. The Balaban J connectivity index is 1.22. The SMILES string of the molecule is CCOC(=O)c1cnc(N2CCN(C[C@H]3CN(C(=O)OC(C)(C)C)[C@H](C)CN3CC(=O)N3CC(C)(C)c4c3cc(Cc3ccc(F)cc3)c(=O)n4C)[C@H](C)C2)nc1. The Bertz CT molecular complexity index is 2010. The number of aromatic nitrogens is 3. The zero-order chi connectivity index (χ0) is 41.4. The minimum absolute atomic E-state index is 0.0857. The molecule has 3 aliphatic heterocycles. The lowest BCUT2D eigenvalue weighted by Gasteiger charge is -2.48. The van der Waals surface area contributed by atoms with Crippen LogP contribution in [-0.2, 0) is 33.2 Å². The molecule has 1 aromatic carbocycles. The summed E-state index contributed by atoms with van der Waals surface area (Å²) in [7, 11) is 1.75. The van der Waals surface area contributed by atoms with E-state index < -0.39 is 17.0 Å². The van der Waals surface area contributed by atoms with Crippen LogP contribution < -0.4 is 15.4 Å². The lowest BCUT2D eigenvalue weighted by Crippen LogP contribution is -2.65. The van der Waals surface area contributed by atoms with Crippen LogP contribution in [0.1, 0.15) is 82.6 Å². The molecule has 15 heteroatoms. The molecule has 57 heavy (non-hydrogen) atoms. The summed E-state index contributed by atoms with van der Waals surface area (Å²) < 4.78 is 26.2. The number of fused-ring (bicyclic) bond motifs is 1. The molecule has 3 aliphatic rings. The van der Waals surface area contributed by atoms with E-state index in [9.17, 15) is 23.6 Å². The van der Waals surface area contributed by atoms with Crippen LogP contribution in [0.2, 0.25) is 0 Å². The molecule has 308 valence electrons. The maximum absolute atomic E-state index is 14.6. The molecule has 3 aromatic rings. The molecule has 0 bridgehead atoms. The number of halogens is 1. The summed E-state index contributed by atoms with van der Waals surface area (Å²) in [6.45, 7) is 19.8. The number of rotatable bonds is 9. The number of benzene rings is 1. The van der Waals surface area contributed by atoms with Gasteiger partial charge in [0.1, 0.15) is 11.4 Å². The largest absolute Gasteiger partial charge is 0.462 e. The number of ether oxygens (including phenoxy) is 2. The highest BCUT2D eigenvalue weighted by Gasteiger charge is 2.44. The zero-order valence-electron chi connectivity index (χ0n) is 34.7. The fourth-order valence-corrected chi connectivity index (χ4v) is 8.35. The molecule has 2 aromatic heterocycles. The number of pyridine rings is 1. The van der Waals surface area contributed by atoms with Crippen LogP contribution in [0.15, 0.2) is 47.5 Å². The molecule has 3 atom stereocenters. The van der Waals surface area contributed by atoms with Gasteiger partial charge in [0.25, 0.3) is 5.56 Å². The highest BCUT2D eigenvalue weighted by Crippen LogP contribution is 2.40. The van der Waals surface area contributed by atoms with Crippen LogP contribution in [0.5, 0.6) is 0 Å². The molecule has 2 saturated heterocycles. The highest BCUT2D eigenvalue weighted by molar-refractivity contribution is 5.97. The highest BCUT2D eigenvalue weighted by atomic mass is 19.1. The van der Waals surface area contributed by atoms with Crippen LogP contribution in [0, 0.1) is 5.82 Å². The molecule has 2 amide bonds. The molecule has 0 aliphatic carbocycles. The summed E-state index contributed by atoms with van der Waals surface area (Å²) >= 11 is 0. The van der Waals surface area contributed by atoms with Gasteiger partial charge >= 0.3 is 12.1 Å². The molecule has 0 spiro atoms. The molecular weight excluding hydrogens is 732 g/mol. The van der Waals surface area contributed by atoms with Gasteiger partial charge in [0, 0.05) is 101 Å².